The van der Waals surface area contributed by atoms with Crippen molar-refractivity contribution in [1.82, 2.24) is 19.8 Å². The molecule has 0 amide bonds. The van der Waals surface area contributed by atoms with E-state index in [1.54, 1.807) is 0 Å². The van der Waals surface area contributed by atoms with Crippen LogP contribution in [0.25, 0.3) is 0 Å². The van der Waals surface area contributed by atoms with Crippen molar-refractivity contribution >= 4 is 17.6 Å². The quantitative estimate of drug-likeness (QED) is 0.670. The van der Waals surface area contributed by atoms with Gasteiger partial charge in [0.1, 0.15) is 0 Å². The third-order valence-electron chi connectivity index (χ3n) is 4.82. The summed E-state index contributed by atoms with van der Waals surface area (Å²) in [7, 11) is 0. The lowest BCUT2D eigenvalue weighted by Crippen LogP contribution is -2.49. The maximum absolute atomic E-state index is 6.27. The normalized spacial score (nSPS) is 21.4. The van der Waals surface area contributed by atoms with Gasteiger partial charge in [0.05, 0.1) is 18.9 Å². The van der Waals surface area contributed by atoms with Gasteiger partial charge in [-0.05, 0) is 30.9 Å². The Labute approximate surface area is 154 Å². The molecule has 3 rings (SSSR count). The topological polar surface area (TPSA) is 45.5 Å². The van der Waals surface area contributed by atoms with E-state index >= 15 is 0 Å². The lowest BCUT2D eigenvalue weighted by molar-refractivity contribution is 0.189. The molecule has 0 saturated carbocycles. The summed E-state index contributed by atoms with van der Waals surface area (Å²) >= 11 is 6.27. The van der Waals surface area contributed by atoms with Gasteiger partial charge in [0.25, 0.3) is 0 Å². The summed E-state index contributed by atoms with van der Waals surface area (Å²) in [5.41, 5.74) is 1.05. The summed E-state index contributed by atoms with van der Waals surface area (Å²) in [5, 5.41) is 4.20. The molecule has 0 radical (unpaired) electrons. The molecular weight excluding hydrogens is 334 g/mol. The predicted molar refractivity (Wildman–Crippen MR) is 103 cm³/mol. The highest BCUT2D eigenvalue weighted by Gasteiger charge is 2.28. The Morgan fingerprint density at radius 1 is 1.40 bits per heavy atom. The number of hydrogen-bond donors (Lipinski definition) is 1. The first kappa shape index (κ1) is 17.8. The average Bonchev–Trinajstić information content (AvgIpc) is 3.15. The first-order chi connectivity index (χ1) is 12.2. The SMILES string of the molecule is CCNC(=NCc1ccccc1Cl)N1CCC(C)C(n2ccnc2)C1. The van der Waals surface area contributed by atoms with Gasteiger partial charge in [0.2, 0.25) is 0 Å². The molecule has 1 N–H and O–H groups in total. The molecule has 0 aliphatic carbocycles. The van der Waals surface area contributed by atoms with Gasteiger partial charge in [0, 0.05) is 37.1 Å². The fourth-order valence-corrected chi connectivity index (χ4v) is 3.50. The van der Waals surface area contributed by atoms with Crippen LogP contribution in [0, 0.1) is 5.92 Å². The summed E-state index contributed by atoms with van der Waals surface area (Å²) in [4.78, 5) is 11.4. The van der Waals surface area contributed by atoms with Crippen molar-refractivity contribution in [3.63, 3.8) is 0 Å². The smallest absolute Gasteiger partial charge is 0.194 e. The summed E-state index contributed by atoms with van der Waals surface area (Å²) in [5.74, 6) is 1.58. The second-order valence-corrected chi connectivity index (χ2v) is 6.96. The van der Waals surface area contributed by atoms with Gasteiger partial charge in [-0.15, -0.1) is 0 Å². The number of piperidine rings is 1. The Morgan fingerprint density at radius 2 is 2.24 bits per heavy atom. The van der Waals surface area contributed by atoms with Crippen molar-refractivity contribution in [3.05, 3.63) is 53.6 Å². The molecule has 2 aromatic rings. The molecule has 2 heterocycles. The Balaban J connectivity index is 1.75. The van der Waals surface area contributed by atoms with E-state index in [2.05, 4.69) is 39.8 Å². The van der Waals surface area contributed by atoms with Crippen LogP contribution in [-0.4, -0.2) is 40.0 Å². The van der Waals surface area contributed by atoms with Gasteiger partial charge < -0.3 is 14.8 Å². The van der Waals surface area contributed by atoms with E-state index in [9.17, 15) is 0 Å². The second kappa shape index (κ2) is 8.39. The molecule has 0 bridgehead atoms. The van der Waals surface area contributed by atoms with Crippen LogP contribution in [0.4, 0.5) is 0 Å². The maximum atomic E-state index is 6.27. The minimum absolute atomic E-state index is 0.417. The van der Waals surface area contributed by atoms with Crippen LogP contribution >= 0.6 is 11.6 Å². The number of benzene rings is 1. The monoisotopic (exact) mass is 359 g/mol. The zero-order chi connectivity index (χ0) is 17.6. The molecule has 2 unspecified atom stereocenters. The second-order valence-electron chi connectivity index (χ2n) is 6.55. The lowest BCUT2D eigenvalue weighted by atomic mass is 9.93. The molecule has 1 saturated heterocycles. The van der Waals surface area contributed by atoms with E-state index < -0.39 is 0 Å². The van der Waals surface area contributed by atoms with Crippen LogP contribution in [0.3, 0.4) is 0 Å². The third-order valence-corrected chi connectivity index (χ3v) is 5.19. The molecule has 1 aromatic heterocycles. The van der Waals surface area contributed by atoms with Crippen molar-refractivity contribution in [1.29, 1.82) is 0 Å². The number of likely N-dealkylation sites (tertiary alicyclic amines) is 1. The largest absolute Gasteiger partial charge is 0.357 e. The Morgan fingerprint density at radius 3 is 2.96 bits per heavy atom. The minimum atomic E-state index is 0.417. The standard InChI is InChI=1S/C19H26ClN5/c1-3-22-19(23-12-16-6-4-5-7-17(16)20)24-10-8-15(2)18(13-24)25-11-9-21-14-25/h4-7,9,11,14-15,18H,3,8,10,12-13H2,1-2H3,(H,22,23). The van der Waals surface area contributed by atoms with Crippen LogP contribution in [-0.2, 0) is 6.54 Å². The Kier molecular flexibility index (Phi) is 5.97. The molecule has 1 fully saturated rings. The molecular formula is C19H26ClN5. The molecule has 0 spiro atoms. The van der Waals surface area contributed by atoms with Crippen LogP contribution in [0.15, 0.2) is 48.0 Å². The van der Waals surface area contributed by atoms with Crippen molar-refractivity contribution in [2.24, 2.45) is 10.9 Å². The third kappa shape index (κ3) is 4.34. The molecule has 2 atom stereocenters. The summed E-state index contributed by atoms with van der Waals surface area (Å²) in [6.07, 6.45) is 6.96. The number of aliphatic imine (C=N–C) groups is 1. The molecule has 1 aliphatic rings. The first-order valence-corrected chi connectivity index (χ1v) is 9.31. The van der Waals surface area contributed by atoms with E-state index in [4.69, 9.17) is 16.6 Å². The lowest BCUT2D eigenvalue weighted by Gasteiger charge is -2.39. The fraction of sp³-hybridized carbons (Fsp3) is 0.474. The van der Waals surface area contributed by atoms with E-state index in [0.717, 1.165) is 42.6 Å². The van der Waals surface area contributed by atoms with E-state index in [0.29, 0.717) is 18.5 Å². The van der Waals surface area contributed by atoms with Gasteiger partial charge >= 0.3 is 0 Å². The van der Waals surface area contributed by atoms with Gasteiger partial charge in [-0.25, -0.2) is 9.98 Å². The molecule has 5 nitrogen and oxygen atoms in total. The van der Waals surface area contributed by atoms with Gasteiger partial charge in [0.15, 0.2) is 5.96 Å². The number of rotatable bonds is 4. The average molecular weight is 360 g/mol. The molecule has 6 heteroatoms. The number of aromatic nitrogens is 2. The fourth-order valence-electron chi connectivity index (χ4n) is 3.31. The summed E-state index contributed by atoms with van der Waals surface area (Å²) in [6.45, 7) is 7.81. The summed E-state index contributed by atoms with van der Waals surface area (Å²) < 4.78 is 2.22. The predicted octanol–water partition coefficient (Wildman–Crippen LogP) is 3.59. The Hall–Kier alpha value is -2.01. The number of nitrogens with zero attached hydrogens (tertiary/aromatic N) is 4. The highest BCUT2D eigenvalue weighted by Crippen LogP contribution is 2.27. The van der Waals surface area contributed by atoms with Crippen LogP contribution in [0.5, 0.6) is 0 Å². The van der Waals surface area contributed by atoms with E-state index in [1.807, 2.05) is 36.8 Å². The zero-order valence-corrected chi connectivity index (χ0v) is 15.7. The van der Waals surface area contributed by atoms with Gasteiger partial charge in [-0.3, -0.25) is 0 Å². The number of guanidine groups is 1. The van der Waals surface area contributed by atoms with E-state index in [1.165, 1.54) is 0 Å². The van der Waals surface area contributed by atoms with Gasteiger partial charge in [-0.2, -0.15) is 0 Å². The van der Waals surface area contributed by atoms with Crippen molar-refractivity contribution in [2.75, 3.05) is 19.6 Å². The molecule has 25 heavy (non-hydrogen) atoms. The minimum Gasteiger partial charge on any atom is -0.357 e. The summed E-state index contributed by atoms with van der Waals surface area (Å²) in [6, 6.07) is 8.31. The highest BCUT2D eigenvalue weighted by molar-refractivity contribution is 6.31. The van der Waals surface area contributed by atoms with Crippen LogP contribution in [0.2, 0.25) is 5.02 Å². The van der Waals surface area contributed by atoms with Crippen molar-refractivity contribution < 1.29 is 0 Å². The molecule has 134 valence electrons. The van der Waals surface area contributed by atoms with E-state index in [-0.39, 0.29) is 0 Å². The molecule has 1 aromatic carbocycles. The zero-order valence-electron chi connectivity index (χ0n) is 14.9. The first-order valence-electron chi connectivity index (χ1n) is 8.93. The van der Waals surface area contributed by atoms with Crippen molar-refractivity contribution in [3.8, 4) is 0 Å². The number of nitrogens with one attached hydrogen (secondary N) is 1. The van der Waals surface area contributed by atoms with Crippen molar-refractivity contribution in [2.45, 2.75) is 32.9 Å². The maximum Gasteiger partial charge on any atom is 0.194 e. The Bertz CT molecular complexity index is 698. The van der Waals surface area contributed by atoms with Crippen LogP contribution in [0.1, 0.15) is 31.9 Å². The number of imidazole rings is 1. The number of hydrogen-bond acceptors (Lipinski definition) is 2. The highest BCUT2D eigenvalue weighted by atomic mass is 35.5. The van der Waals surface area contributed by atoms with Gasteiger partial charge in [-0.1, -0.05) is 36.7 Å². The van der Waals surface area contributed by atoms with Crippen LogP contribution < -0.4 is 5.32 Å². The molecule has 1 aliphatic heterocycles. The number of halogens is 1.